The Balaban J connectivity index is 1.68. The van der Waals surface area contributed by atoms with Crippen molar-refractivity contribution < 1.29 is 27.0 Å². The van der Waals surface area contributed by atoms with E-state index < -0.39 is 23.3 Å². The molecule has 184 valence electrons. The van der Waals surface area contributed by atoms with E-state index in [-0.39, 0.29) is 35.5 Å². The van der Waals surface area contributed by atoms with Gasteiger partial charge in [-0.05, 0) is 61.1 Å². The molecule has 0 radical (unpaired) electrons. The molecule has 0 saturated carbocycles. The van der Waals surface area contributed by atoms with Crippen LogP contribution in [-0.2, 0) is 0 Å². The highest BCUT2D eigenvalue weighted by molar-refractivity contribution is 5.78. The number of unbranched alkanes of at least 4 members (excludes halogenated alkanes) is 4. The summed E-state index contributed by atoms with van der Waals surface area (Å²) in [5.41, 5.74) is 1.48. The van der Waals surface area contributed by atoms with Gasteiger partial charge in [-0.15, -0.1) is 0 Å². The minimum absolute atomic E-state index is 0.0976. The van der Waals surface area contributed by atoms with E-state index in [1.807, 2.05) is 0 Å². The highest BCUT2D eigenvalue weighted by atomic mass is 19.2. The molecule has 0 aliphatic heterocycles. The normalized spacial score (nSPS) is 13.5. The molecule has 0 unspecified atom stereocenters. The van der Waals surface area contributed by atoms with Crippen LogP contribution >= 0.6 is 0 Å². The molecule has 2 aromatic rings. The summed E-state index contributed by atoms with van der Waals surface area (Å²) >= 11 is 0. The van der Waals surface area contributed by atoms with Crippen LogP contribution in [0.1, 0.15) is 76.3 Å². The van der Waals surface area contributed by atoms with Crippen molar-refractivity contribution >= 4 is 11.1 Å². The number of rotatable bonds is 12. The number of hydrogen-bond donors (Lipinski definition) is 0. The van der Waals surface area contributed by atoms with Crippen molar-refractivity contribution in [3.05, 3.63) is 70.8 Å². The first-order chi connectivity index (χ1) is 16.5. The lowest BCUT2D eigenvalue weighted by Crippen LogP contribution is -2.04. The molecular formula is C28H32F4O2. The van der Waals surface area contributed by atoms with Crippen molar-refractivity contribution in [3.8, 4) is 11.5 Å². The maximum atomic E-state index is 14.7. The molecule has 0 saturated heterocycles. The number of ether oxygens (including phenoxy) is 2. The minimum atomic E-state index is -1.01. The van der Waals surface area contributed by atoms with Crippen LogP contribution in [0, 0.1) is 23.3 Å². The van der Waals surface area contributed by atoms with Crippen LogP contribution in [0.5, 0.6) is 11.5 Å². The highest BCUT2D eigenvalue weighted by Crippen LogP contribution is 2.36. The van der Waals surface area contributed by atoms with Crippen LogP contribution in [-0.4, -0.2) is 13.2 Å². The van der Waals surface area contributed by atoms with Gasteiger partial charge in [-0.2, -0.15) is 8.78 Å². The average molecular weight is 477 g/mol. The molecule has 2 aromatic carbocycles. The zero-order chi connectivity index (χ0) is 24.5. The first-order valence-corrected chi connectivity index (χ1v) is 12.1. The second-order valence-electron chi connectivity index (χ2n) is 8.46. The molecule has 0 spiro atoms. The smallest absolute Gasteiger partial charge is 0.201 e. The van der Waals surface area contributed by atoms with Crippen molar-refractivity contribution in [2.24, 2.45) is 0 Å². The standard InChI is InChI=1S/C28H32F4O2/c1-3-5-7-17-33-23-15-13-21(25(29)27(23)31)19-9-11-20(12-10-19)22-14-16-24(28(32)26(22)30)34-18-8-6-4-2/h9,12-16H,3-8,10-11,17-18H2,1-2H3. The number of benzene rings is 2. The molecule has 34 heavy (non-hydrogen) atoms. The Morgan fingerprint density at radius 3 is 1.35 bits per heavy atom. The molecule has 0 fully saturated rings. The summed E-state index contributed by atoms with van der Waals surface area (Å²) in [6, 6.07) is 5.88. The van der Waals surface area contributed by atoms with Crippen LogP contribution in [0.3, 0.4) is 0 Å². The molecule has 0 aromatic heterocycles. The van der Waals surface area contributed by atoms with Crippen molar-refractivity contribution in [2.75, 3.05) is 13.2 Å². The second-order valence-corrected chi connectivity index (χ2v) is 8.46. The lowest BCUT2D eigenvalue weighted by Gasteiger charge is -2.17. The lowest BCUT2D eigenvalue weighted by atomic mass is 9.90. The first-order valence-electron chi connectivity index (χ1n) is 12.1. The van der Waals surface area contributed by atoms with E-state index in [2.05, 4.69) is 13.8 Å². The Morgan fingerprint density at radius 2 is 1.00 bits per heavy atom. The predicted molar refractivity (Wildman–Crippen MR) is 128 cm³/mol. The summed E-state index contributed by atoms with van der Waals surface area (Å²) in [6.07, 6.45) is 9.50. The van der Waals surface area contributed by atoms with Crippen LogP contribution < -0.4 is 9.47 Å². The zero-order valence-electron chi connectivity index (χ0n) is 19.9. The maximum absolute atomic E-state index is 14.7. The predicted octanol–water partition coefficient (Wildman–Crippen LogP) is 8.64. The minimum Gasteiger partial charge on any atom is -0.490 e. The third-order valence-electron chi connectivity index (χ3n) is 5.93. The molecule has 6 heteroatoms. The Bertz CT molecular complexity index is 960. The summed E-state index contributed by atoms with van der Waals surface area (Å²) in [4.78, 5) is 0. The van der Waals surface area contributed by atoms with Crippen LogP contribution in [0.15, 0.2) is 36.4 Å². The van der Waals surface area contributed by atoms with Crippen LogP contribution in [0.4, 0.5) is 17.6 Å². The number of hydrogen-bond acceptors (Lipinski definition) is 2. The number of allylic oxidation sites excluding steroid dienone is 4. The zero-order valence-corrected chi connectivity index (χ0v) is 19.9. The summed E-state index contributed by atoms with van der Waals surface area (Å²) in [6.45, 7) is 4.78. The Labute approximate surface area is 199 Å². The van der Waals surface area contributed by atoms with Crippen molar-refractivity contribution in [3.63, 3.8) is 0 Å². The molecule has 1 aliphatic rings. The Hall–Kier alpha value is -2.76. The van der Waals surface area contributed by atoms with Gasteiger partial charge in [0.2, 0.25) is 11.6 Å². The summed E-state index contributed by atoms with van der Waals surface area (Å²) in [5, 5.41) is 0. The van der Waals surface area contributed by atoms with E-state index in [0.29, 0.717) is 24.4 Å². The SMILES string of the molecule is CCCCCOc1ccc(C2=CCC(c3ccc(OCCCCC)c(F)c3F)=CC2)c(F)c1F. The van der Waals surface area contributed by atoms with E-state index in [0.717, 1.165) is 38.5 Å². The molecule has 0 amide bonds. The average Bonchev–Trinajstić information content (AvgIpc) is 2.85. The van der Waals surface area contributed by atoms with Gasteiger partial charge >= 0.3 is 0 Å². The van der Waals surface area contributed by atoms with Gasteiger partial charge in [-0.25, -0.2) is 8.78 Å². The van der Waals surface area contributed by atoms with Gasteiger partial charge in [0.15, 0.2) is 23.1 Å². The van der Waals surface area contributed by atoms with Gasteiger partial charge in [-0.1, -0.05) is 51.7 Å². The van der Waals surface area contributed by atoms with E-state index in [9.17, 15) is 17.6 Å². The quantitative estimate of drug-likeness (QED) is 0.225. The molecule has 1 aliphatic carbocycles. The van der Waals surface area contributed by atoms with E-state index in [1.165, 1.54) is 24.3 Å². The molecule has 0 heterocycles. The highest BCUT2D eigenvalue weighted by Gasteiger charge is 2.21. The number of halogens is 4. The van der Waals surface area contributed by atoms with Gasteiger partial charge in [-0.3, -0.25) is 0 Å². The molecular weight excluding hydrogens is 444 g/mol. The fourth-order valence-electron chi connectivity index (χ4n) is 3.92. The third-order valence-corrected chi connectivity index (χ3v) is 5.93. The second kappa shape index (κ2) is 12.6. The first kappa shape index (κ1) is 25.9. The van der Waals surface area contributed by atoms with E-state index in [4.69, 9.17) is 9.47 Å². The largest absolute Gasteiger partial charge is 0.490 e. The molecule has 0 N–H and O–H groups in total. The third kappa shape index (κ3) is 6.22. The fraction of sp³-hybridized carbons (Fsp3) is 0.429. The molecule has 2 nitrogen and oxygen atoms in total. The van der Waals surface area contributed by atoms with Gasteiger partial charge in [0.25, 0.3) is 0 Å². The molecule has 0 bridgehead atoms. The maximum Gasteiger partial charge on any atom is 0.201 e. The van der Waals surface area contributed by atoms with Gasteiger partial charge in [0, 0.05) is 11.1 Å². The fourth-order valence-corrected chi connectivity index (χ4v) is 3.92. The van der Waals surface area contributed by atoms with Crippen molar-refractivity contribution in [1.29, 1.82) is 0 Å². The van der Waals surface area contributed by atoms with Crippen molar-refractivity contribution in [1.82, 2.24) is 0 Å². The van der Waals surface area contributed by atoms with Crippen molar-refractivity contribution in [2.45, 2.75) is 65.2 Å². The van der Waals surface area contributed by atoms with Crippen LogP contribution in [0.2, 0.25) is 0 Å². The summed E-state index contributed by atoms with van der Waals surface area (Å²) < 4.78 is 69.2. The molecule has 3 rings (SSSR count). The Kier molecular flexibility index (Phi) is 9.61. The van der Waals surface area contributed by atoms with Gasteiger partial charge in [0.05, 0.1) is 13.2 Å². The summed E-state index contributed by atoms with van der Waals surface area (Å²) in [5.74, 6) is -4.13. The molecule has 0 atom stereocenters. The summed E-state index contributed by atoms with van der Waals surface area (Å²) in [7, 11) is 0. The Morgan fingerprint density at radius 1 is 0.588 bits per heavy atom. The van der Waals surface area contributed by atoms with Gasteiger partial charge in [0.1, 0.15) is 0 Å². The van der Waals surface area contributed by atoms with E-state index >= 15 is 0 Å². The monoisotopic (exact) mass is 476 g/mol. The van der Waals surface area contributed by atoms with Crippen LogP contribution in [0.25, 0.3) is 11.1 Å². The van der Waals surface area contributed by atoms with E-state index in [1.54, 1.807) is 12.2 Å². The lowest BCUT2D eigenvalue weighted by molar-refractivity contribution is 0.286. The van der Waals surface area contributed by atoms with Gasteiger partial charge < -0.3 is 9.47 Å². The topological polar surface area (TPSA) is 18.5 Å².